The number of nitrogens with zero attached hydrogens (tertiary/aromatic N) is 2. The van der Waals surface area contributed by atoms with Gasteiger partial charge in [0.1, 0.15) is 13.0 Å². The topological polar surface area (TPSA) is 47.5 Å². The highest BCUT2D eigenvalue weighted by molar-refractivity contribution is 5.53. The zero-order chi connectivity index (χ0) is 4.41. The van der Waals surface area contributed by atoms with Gasteiger partial charge >= 0.3 is 0 Å². The van der Waals surface area contributed by atoms with E-state index >= 15 is 0 Å². The van der Waals surface area contributed by atoms with E-state index in [1.165, 1.54) is 6.34 Å². The minimum Gasteiger partial charge on any atom is -0.254 e. The van der Waals surface area contributed by atoms with Gasteiger partial charge < -0.3 is 0 Å². The average Bonchev–Trinajstić information content (AvgIpc) is 1.86. The summed E-state index contributed by atoms with van der Waals surface area (Å²) in [6.45, 7) is 0.420. The Labute approximate surface area is 35.0 Å². The highest BCUT2D eigenvalue weighted by Gasteiger charge is 1.96. The maximum absolute atomic E-state index is 9.90. The van der Waals surface area contributed by atoms with Crippen LogP contribution in [0.15, 0.2) is 4.99 Å². The largest absolute Gasteiger partial charge is 0.254 e. The van der Waals surface area contributed by atoms with Crippen molar-refractivity contribution in [3.8, 4) is 0 Å². The van der Waals surface area contributed by atoms with E-state index in [4.69, 9.17) is 0 Å². The van der Waals surface area contributed by atoms with E-state index in [1.807, 2.05) is 0 Å². The van der Waals surface area contributed by atoms with Crippen molar-refractivity contribution in [2.45, 2.75) is 0 Å². The lowest BCUT2D eigenvalue weighted by atomic mass is 11.2. The molecule has 0 amide bonds. The van der Waals surface area contributed by atoms with Crippen molar-refractivity contribution in [2.75, 3.05) is 6.67 Å². The Hall–Kier alpha value is -0.610. The summed E-state index contributed by atoms with van der Waals surface area (Å²) in [7, 11) is 0. The maximum Gasteiger partial charge on any atom is 0.134 e. The van der Waals surface area contributed by atoms with Gasteiger partial charge in [-0.25, -0.2) is 0 Å². The van der Waals surface area contributed by atoms with Gasteiger partial charge in [0, 0.05) is 0 Å². The second-order valence-corrected chi connectivity index (χ2v) is 0.940. The Kier molecular flexibility index (Phi) is 0.736. The van der Waals surface area contributed by atoms with Crippen LogP contribution in [-0.4, -0.2) is 18.2 Å². The van der Waals surface area contributed by atoms with E-state index in [2.05, 4.69) is 10.4 Å². The predicted molar refractivity (Wildman–Crippen MR) is 19.0 cm³/mol. The summed E-state index contributed by atoms with van der Waals surface area (Å²) >= 11 is 0. The Morgan fingerprint density at radius 2 is 2.83 bits per heavy atom. The number of hydrogen-bond acceptors (Lipinski definition) is 3. The van der Waals surface area contributed by atoms with E-state index in [0.29, 0.717) is 11.8 Å². The molecule has 0 bridgehead atoms. The molecule has 33 valence electrons. The summed E-state index contributed by atoms with van der Waals surface area (Å²) in [4.78, 5) is 3.54. The molecule has 6 heavy (non-hydrogen) atoms. The molecular formula is C2H4N3O. The molecule has 0 aromatic rings. The van der Waals surface area contributed by atoms with Crippen LogP contribution in [0.4, 0.5) is 0 Å². The molecule has 1 aliphatic heterocycles. The monoisotopic (exact) mass is 86.0 g/mol. The first-order valence-corrected chi connectivity index (χ1v) is 1.59. The van der Waals surface area contributed by atoms with Gasteiger partial charge in [0.25, 0.3) is 0 Å². The van der Waals surface area contributed by atoms with Crippen molar-refractivity contribution in [1.82, 2.24) is 10.6 Å². The van der Waals surface area contributed by atoms with Gasteiger partial charge in [0.05, 0.1) is 0 Å². The molecule has 1 radical (unpaired) electrons. The summed E-state index contributed by atoms with van der Waals surface area (Å²) in [5, 5.41) is 10.5. The minimum absolute atomic E-state index is 0.420. The molecule has 0 fully saturated rings. The van der Waals surface area contributed by atoms with Crippen molar-refractivity contribution < 1.29 is 5.21 Å². The lowest BCUT2D eigenvalue weighted by Crippen LogP contribution is -2.25. The number of hydrazine groups is 1. The molecule has 0 saturated carbocycles. The smallest absolute Gasteiger partial charge is 0.134 e. The minimum atomic E-state index is 0.420. The third kappa shape index (κ3) is 0.474. The van der Waals surface area contributed by atoms with E-state index in [-0.39, 0.29) is 0 Å². The van der Waals surface area contributed by atoms with Crippen molar-refractivity contribution in [3.63, 3.8) is 0 Å². The zero-order valence-corrected chi connectivity index (χ0v) is 3.09. The fourth-order valence-corrected chi connectivity index (χ4v) is 0.266. The predicted octanol–water partition coefficient (Wildman–Crippen LogP) is -0.862. The van der Waals surface area contributed by atoms with Crippen LogP contribution in [0.5, 0.6) is 0 Å². The van der Waals surface area contributed by atoms with Gasteiger partial charge in [0.15, 0.2) is 0 Å². The summed E-state index contributed by atoms with van der Waals surface area (Å²) in [6.07, 6.45) is 1.19. The van der Waals surface area contributed by atoms with Crippen LogP contribution in [0.3, 0.4) is 0 Å². The first kappa shape index (κ1) is 3.58. The summed E-state index contributed by atoms with van der Waals surface area (Å²) in [6, 6.07) is 0. The van der Waals surface area contributed by atoms with Crippen LogP contribution >= 0.6 is 0 Å². The quantitative estimate of drug-likeness (QED) is 0.417. The molecule has 4 heteroatoms. The lowest BCUT2D eigenvalue weighted by Gasteiger charge is -1.94. The molecule has 0 saturated heterocycles. The third-order valence-corrected chi connectivity index (χ3v) is 0.504. The summed E-state index contributed by atoms with van der Waals surface area (Å²) < 4.78 is 0. The number of rotatable bonds is 0. The highest BCUT2D eigenvalue weighted by Crippen LogP contribution is 1.76. The van der Waals surface area contributed by atoms with E-state index in [1.54, 1.807) is 0 Å². The van der Waals surface area contributed by atoms with Gasteiger partial charge in [-0.1, -0.05) is 5.21 Å². The van der Waals surface area contributed by atoms with Crippen LogP contribution in [-0.2, 0) is 5.21 Å². The molecule has 0 unspecified atom stereocenters. The van der Waals surface area contributed by atoms with E-state index < -0.39 is 0 Å². The zero-order valence-electron chi connectivity index (χ0n) is 3.09. The molecular weight excluding hydrogens is 82.0 g/mol. The molecule has 0 spiro atoms. The Balaban J connectivity index is 2.38. The van der Waals surface area contributed by atoms with Crippen LogP contribution in [0.25, 0.3) is 0 Å². The fourth-order valence-electron chi connectivity index (χ4n) is 0.266. The molecule has 0 aromatic heterocycles. The molecule has 1 N–H and O–H groups in total. The molecule has 0 aliphatic carbocycles. The Bertz CT molecular complexity index is 71.2. The van der Waals surface area contributed by atoms with Crippen molar-refractivity contribution >= 4 is 6.34 Å². The first-order chi connectivity index (χ1) is 2.89. The van der Waals surface area contributed by atoms with Crippen molar-refractivity contribution in [3.05, 3.63) is 0 Å². The average molecular weight is 86.1 g/mol. The van der Waals surface area contributed by atoms with Crippen molar-refractivity contribution in [2.24, 2.45) is 4.99 Å². The van der Waals surface area contributed by atoms with Gasteiger partial charge in [-0.05, 0) is 0 Å². The summed E-state index contributed by atoms with van der Waals surface area (Å²) in [5.41, 5.74) is 2.38. The first-order valence-electron chi connectivity index (χ1n) is 1.59. The number of hydrogen-bond donors (Lipinski definition) is 1. The highest BCUT2D eigenvalue weighted by atomic mass is 16.5. The molecule has 1 aliphatic rings. The maximum atomic E-state index is 9.90. The molecule has 4 nitrogen and oxygen atoms in total. The normalized spacial score (nSPS) is 19.8. The fraction of sp³-hybridized carbons (Fsp3) is 0.500. The molecule has 1 rings (SSSR count). The Morgan fingerprint density at radius 1 is 2.00 bits per heavy atom. The second-order valence-electron chi connectivity index (χ2n) is 0.940. The molecule has 0 aromatic carbocycles. The van der Waals surface area contributed by atoms with Crippen LogP contribution in [0.1, 0.15) is 0 Å². The number of aliphatic imine (C=N–C) groups is 1. The van der Waals surface area contributed by atoms with Crippen LogP contribution < -0.4 is 5.43 Å². The van der Waals surface area contributed by atoms with Crippen LogP contribution in [0, 0.1) is 0 Å². The van der Waals surface area contributed by atoms with Crippen molar-refractivity contribution in [1.29, 1.82) is 0 Å². The molecule has 0 atom stereocenters. The summed E-state index contributed by atoms with van der Waals surface area (Å²) in [5.74, 6) is 0. The van der Waals surface area contributed by atoms with Gasteiger partial charge in [-0.15, -0.1) is 5.17 Å². The third-order valence-electron chi connectivity index (χ3n) is 0.504. The number of nitrogens with one attached hydrogen (secondary N) is 1. The van der Waals surface area contributed by atoms with E-state index in [9.17, 15) is 5.21 Å². The van der Waals surface area contributed by atoms with Gasteiger partial charge in [0.2, 0.25) is 0 Å². The Morgan fingerprint density at radius 3 is 3.00 bits per heavy atom. The van der Waals surface area contributed by atoms with Crippen LogP contribution in [0.2, 0.25) is 0 Å². The standard InChI is InChI=1S/C2H4N3O/c6-5-2-3-1-4-5/h2,4H,1H2. The lowest BCUT2D eigenvalue weighted by molar-refractivity contribution is -0.116. The number of hydroxylamine groups is 1. The SMILES string of the molecule is [O]N1C=NCN1. The van der Waals surface area contributed by atoms with Gasteiger partial charge in [-0.2, -0.15) is 5.43 Å². The van der Waals surface area contributed by atoms with E-state index in [0.717, 1.165) is 0 Å². The van der Waals surface area contributed by atoms with Gasteiger partial charge in [-0.3, -0.25) is 4.99 Å². The second kappa shape index (κ2) is 1.24. The molecule has 1 heterocycles.